The maximum Gasteiger partial charge on any atom is 0.193 e. The van der Waals surface area contributed by atoms with Crippen molar-refractivity contribution in [3.8, 4) is 0 Å². The van der Waals surface area contributed by atoms with Gasteiger partial charge >= 0.3 is 0 Å². The van der Waals surface area contributed by atoms with E-state index in [9.17, 15) is 0 Å². The van der Waals surface area contributed by atoms with Crippen LogP contribution in [0.1, 0.15) is 30.9 Å². The van der Waals surface area contributed by atoms with Crippen LogP contribution in [-0.2, 0) is 9.47 Å². The van der Waals surface area contributed by atoms with Crippen LogP contribution in [0.2, 0.25) is 0 Å². The third-order valence-electron chi connectivity index (χ3n) is 5.22. The zero-order chi connectivity index (χ0) is 17.5. The fraction of sp³-hybridized carbons (Fsp3) is 0.650. The van der Waals surface area contributed by atoms with Gasteiger partial charge in [-0.15, -0.1) is 0 Å². The first-order valence-corrected chi connectivity index (χ1v) is 9.44. The maximum absolute atomic E-state index is 6.10. The zero-order valence-corrected chi connectivity index (χ0v) is 15.5. The highest BCUT2D eigenvalue weighted by molar-refractivity contribution is 5.79. The lowest BCUT2D eigenvalue weighted by molar-refractivity contribution is -0.0266. The maximum atomic E-state index is 6.10. The van der Waals surface area contributed by atoms with E-state index in [4.69, 9.17) is 9.47 Å². The quantitative estimate of drug-likeness (QED) is 0.658. The van der Waals surface area contributed by atoms with Crippen LogP contribution in [0.3, 0.4) is 0 Å². The molecule has 1 aromatic carbocycles. The smallest absolute Gasteiger partial charge is 0.193 e. The molecule has 2 aliphatic heterocycles. The van der Waals surface area contributed by atoms with E-state index >= 15 is 0 Å². The second-order valence-corrected chi connectivity index (χ2v) is 7.14. The van der Waals surface area contributed by atoms with Crippen molar-refractivity contribution in [1.82, 2.24) is 10.2 Å². The summed E-state index contributed by atoms with van der Waals surface area (Å²) in [6, 6.07) is 10.6. The molecule has 2 fully saturated rings. The summed E-state index contributed by atoms with van der Waals surface area (Å²) < 4.78 is 11.6. The molecule has 1 N–H and O–H groups in total. The van der Waals surface area contributed by atoms with E-state index in [0.29, 0.717) is 11.8 Å². The molecular weight excluding hydrogens is 314 g/mol. The highest BCUT2D eigenvalue weighted by Crippen LogP contribution is 2.33. The van der Waals surface area contributed by atoms with Crippen LogP contribution < -0.4 is 5.32 Å². The van der Waals surface area contributed by atoms with Crippen molar-refractivity contribution in [2.75, 3.05) is 47.0 Å². The average molecular weight is 345 g/mol. The monoisotopic (exact) mass is 345 g/mol. The molecule has 1 aromatic rings. The first-order valence-electron chi connectivity index (χ1n) is 9.44. The van der Waals surface area contributed by atoms with Gasteiger partial charge in [0.1, 0.15) is 0 Å². The molecule has 0 radical (unpaired) electrons. The van der Waals surface area contributed by atoms with Gasteiger partial charge in [0.2, 0.25) is 0 Å². The van der Waals surface area contributed by atoms with Gasteiger partial charge in [-0.3, -0.25) is 4.99 Å². The van der Waals surface area contributed by atoms with Gasteiger partial charge in [0.15, 0.2) is 5.96 Å². The molecule has 3 unspecified atom stereocenters. The lowest BCUT2D eigenvalue weighted by Crippen LogP contribution is -2.44. The third kappa shape index (κ3) is 4.95. The Bertz CT molecular complexity index is 543. The highest BCUT2D eigenvalue weighted by atomic mass is 16.5. The average Bonchev–Trinajstić information content (AvgIpc) is 3.16. The van der Waals surface area contributed by atoms with E-state index in [1.54, 1.807) is 0 Å². The molecule has 2 saturated heterocycles. The molecule has 0 spiro atoms. The Morgan fingerprint density at radius 2 is 2.08 bits per heavy atom. The van der Waals surface area contributed by atoms with Crippen molar-refractivity contribution in [3.63, 3.8) is 0 Å². The predicted molar refractivity (Wildman–Crippen MR) is 101 cm³/mol. The number of ether oxygens (including phenoxy) is 2. The van der Waals surface area contributed by atoms with E-state index in [0.717, 1.165) is 51.7 Å². The second kappa shape index (κ2) is 9.20. The van der Waals surface area contributed by atoms with Crippen molar-refractivity contribution >= 4 is 5.96 Å². The molecule has 0 amide bonds. The minimum atomic E-state index is 0.175. The van der Waals surface area contributed by atoms with E-state index in [1.165, 1.54) is 12.0 Å². The van der Waals surface area contributed by atoms with Gasteiger partial charge in [-0.2, -0.15) is 0 Å². The predicted octanol–water partition coefficient (Wildman–Crippen LogP) is 2.70. The van der Waals surface area contributed by atoms with Gasteiger partial charge in [0, 0.05) is 52.2 Å². The summed E-state index contributed by atoms with van der Waals surface area (Å²) in [4.78, 5) is 6.68. The summed E-state index contributed by atoms with van der Waals surface area (Å²) in [5.74, 6) is 2.04. The van der Waals surface area contributed by atoms with Gasteiger partial charge in [0.05, 0.1) is 12.7 Å². The SMILES string of the molecule is CN=C(NCC1CCCOC1c1ccccc1)N(C)CC1CCOC1. The number of nitrogens with zero attached hydrogens (tertiary/aromatic N) is 2. The summed E-state index contributed by atoms with van der Waals surface area (Å²) in [5.41, 5.74) is 1.28. The standard InChI is InChI=1S/C20H31N3O2/c1-21-20(23(2)14-16-10-12-24-15-16)22-13-18-9-6-11-25-19(18)17-7-4-3-5-8-17/h3-5,7-8,16,18-19H,6,9-15H2,1-2H3,(H,21,22). The molecule has 25 heavy (non-hydrogen) atoms. The molecule has 3 atom stereocenters. The van der Waals surface area contributed by atoms with Crippen molar-refractivity contribution in [1.29, 1.82) is 0 Å². The molecule has 5 nitrogen and oxygen atoms in total. The van der Waals surface area contributed by atoms with Crippen molar-refractivity contribution in [2.24, 2.45) is 16.8 Å². The van der Waals surface area contributed by atoms with Gasteiger partial charge in [-0.1, -0.05) is 30.3 Å². The van der Waals surface area contributed by atoms with Gasteiger partial charge in [0.25, 0.3) is 0 Å². The number of hydrogen-bond donors (Lipinski definition) is 1. The lowest BCUT2D eigenvalue weighted by Gasteiger charge is -2.33. The van der Waals surface area contributed by atoms with E-state index in [-0.39, 0.29) is 6.10 Å². The molecule has 0 saturated carbocycles. The van der Waals surface area contributed by atoms with Gasteiger partial charge in [-0.25, -0.2) is 0 Å². The summed E-state index contributed by atoms with van der Waals surface area (Å²) in [6.45, 7) is 4.49. The Kier molecular flexibility index (Phi) is 6.70. The van der Waals surface area contributed by atoms with Crippen LogP contribution in [0.4, 0.5) is 0 Å². The number of hydrogen-bond acceptors (Lipinski definition) is 3. The molecular formula is C20H31N3O2. The molecule has 0 aliphatic carbocycles. The Balaban J connectivity index is 1.55. The number of benzene rings is 1. The van der Waals surface area contributed by atoms with Gasteiger partial charge < -0.3 is 19.7 Å². The molecule has 2 heterocycles. The molecule has 0 bridgehead atoms. The van der Waals surface area contributed by atoms with Crippen LogP contribution in [0.25, 0.3) is 0 Å². The molecule has 2 aliphatic rings. The Morgan fingerprint density at radius 3 is 2.80 bits per heavy atom. The zero-order valence-electron chi connectivity index (χ0n) is 15.5. The molecule has 138 valence electrons. The summed E-state index contributed by atoms with van der Waals surface area (Å²) >= 11 is 0. The topological polar surface area (TPSA) is 46.1 Å². The summed E-state index contributed by atoms with van der Waals surface area (Å²) in [7, 11) is 3.97. The van der Waals surface area contributed by atoms with Crippen molar-refractivity contribution < 1.29 is 9.47 Å². The van der Waals surface area contributed by atoms with Crippen molar-refractivity contribution in [3.05, 3.63) is 35.9 Å². The van der Waals surface area contributed by atoms with Gasteiger partial charge in [-0.05, 0) is 24.8 Å². The van der Waals surface area contributed by atoms with E-state index in [1.807, 2.05) is 7.05 Å². The van der Waals surface area contributed by atoms with E-state index < -0.39 is 0 Å². The number of rotatable bonds is 5. The highest BCUT2D eigenvalue weighted by Gasteiger charge is 2.28. The Hall–Kier alpha value is -1.59. The van der Waals surface area contributed by atoms with Crippen LogP contribution >= 0.6 is 0 Å². The normalized spacial score (nSPS) is 27.3. The largest absolute Gasteiger partial charge is 0.381 e. The lowest BCUT2D eigenvalue weighted by atomic mass is 9.89. The van der Waals surface area contributed by atoms with Crippen LogP contribution in [0.15, 0.2) is 35.3 Å². The molecule has 3 rings (SSSR count). The molecule has 5 heteroatoms. The van der Waals surface area contributed by atoms with E-state index in [2.05, 4.69) is 52.6 Å². The van der Waals surface area contributed by atoms with Crippen LogP contribution in [0, 0.1) is 11.8 Å². The fourth-order valence-electron chi connectivity index (χ4n) is 3.87. The fourth-order valence-corrected chi connectivity index (χ4v) is 3.87. The number of aliphatic imine (C=N–C) groups is 1. The minimum absolute atomic E-state index is 0.175. The Morgan fingerprint density at radius 1 is 1.24 bits per heavy atom. The van der Waals surface area contributed by atoms with Crippen molar-refractivity contribution in [2.45, 2.75) is 25.4 Å². The second-order valence-electron chi connectivity index (χ2n) is 7.14. The third-order valence-corrected chi connectivity index (χ3v) is 5.22. The summed E-state index contributed by atoms with van der Waals surface area (Å²) in [5, 5.41) is 3.57. The number of nitrogens with one attached hydrogen (secondary N) is 1. The minimum Gasteiger partial charge on any atom is -0.381 e. The number of guanidine groups is 1. The molecule has 0 aromatic heterocycles. The summed E-state index contributed by atoms with van der Waals surface area (Å²) in [6.07, 6.45) is 3.63. The van der Waals surface area contributed by atoms with Crippen LogP contribution in [0.5, 0.6) is 0 Å². The first kappa shape index (κ1) is 18.2. The van der Waals surface area contributed by atoms with Crippen LogP contribution in [-0.4, -0.2) is 57.9 Å². The first-order chi connectivity index (χ1) is 12.3. The Labute approximate surface area is 151 Å².